The summed E-state index contributed by atoms with van der Waals surface area (Å²) in [6.07, 6.45) is 4.70. The van der Waals surface area contributed by atoms with Gasteiger partial charge >= 0.3 is 0 Å². The topological polar surface area (TPSA) is 20.2 Å². The van der Waals surface area contributed by atoms with Gasteiger partial charge in [-0.05, 0) is 61.5 Å². The van der Waals surface area contributed by atoms with E-state index in [0.29, 0.717) is 24.4 Å². The van der Waals surface area contributed by atoms with E-state index in [1.807, 2.05) is 0 Å². The fraction of sp³-hybridized carbons (Fsp3) is 0.647. The van der Waals surface area contributed by atoms with Gasteiger partial charge in [-0.15, -0.1) is 0 Å². The first-order valence-corrected chi connectivity index (χ1v) is 7.34. The van der Waals surface area contributed by atoms with Gasteiger partial charge in [0.05, 0.1) is 0 Å². The molecule has 0 saturated heterocycles. The van der Waals surface area contributed by atoms with Crippen LogP contribution < -0.4 is 0 Å². The van der Waals surface area contributed by atoms with Crippen molar-refractivity contribution < 1.29 is 5.11 Å². The lowest BCUT2D eigenvalue weighted by atomic mass is 9.71. The van der Waals surface area contributed by atoms with Crippen LogP contribution in [0.2, 0.25) is 0 Å². The quantitative estimate of drug-likeness (QED) is 0.835. The van der Waals surface area contributed by atoms with Crippen molar-refractivity contribution in [3.8, 4) is 0 Å². The van der Waals surface area contributed by atoms with Crippen molar-refractivity contribution in [1.29, 1.82) is 0 Å². The highest BCUT2D eigenvalue weighted by Gasteiger charge is 2.28. The highest BCUT2D eigenvalue weighted by atomic mass is 16.2. The van der Waals surface area contributed by atoms with Gasteiger partial charge in [-0.3, -0.25) is 0 Å². The van der Waals surface area contributed by atoms with Crippen LogP contribution >= 0.6 is 0 Å². The van der Waals surface area contributed by atoms with Gasteiger partial charge in [-0.1, -0.05) is 37.6 Å². The molecule has 0 saturated carbocycles. The molecular weight excluding hydrogens is 220 g/mol. The van der Waals surface area contributed by atoms with E-state index in [9.17, 15) is 0 Å². The van der Waals surface area contributed by atoms with Crippen LogP contribution in [0.15, 0.2) is 18.2 Å². The lowest BCUT2D eigenvalue weighted by Crippen LogP contribution is -2.19. The Morgan fingerprint density at radius 1 is 1.28 bits per heavy atom. The Morgan fingerprint density at radius 3 is 2.78 bits per heavy atom. The number of fused-ring (bicyclic) bond motifs is 1. The average Bonchev–Trinajstić information content (AvgIpc) is 2.36. The van der Waals surface area contributed by atoms with Gasteiger partial charge in [-0.25, -0.2) is 0 Å². The Hall–Kier alpha value is -0.820. The van der Waals surface area contributed by atoms with Crippen LogP contribution in [0.25, 0.3) is 0 Å². The molecule has 1 aliphatic rings. The lowest BCUT2D eigenvalue weighted by molar-refractivity contribution is 0.262. The summed E-state index contributed by atoms with van der Waals surface area (Å²) >= 11 is 0. The molecule has 2 rings (SSSR count). The molecule has 0 fully saturated rings. The molecule has 1 aromatic carbocycles. The number of hydrogen-bond donors (Lipinski definition) is 1. The van der Waals surface area contributed by atoms with E-state index < -0.39 is 0 Å². The number of aliphatic hydroxyl groups excluding tert-OH is 1. The molecule has 0 aliphatic heterocycles. The van der Waals surface area contributed by atoms with Crippen LogP contribution in [0.4, 0.5) is 0 Å². The zero-order valence-corrected chi connectivity index (χ0v) is 11.9. The minimum atomic E-state index is 0.328. The molecule has 1 N–H and O–H groups in total. The van der Waals surface area contributed by atoms with Gasteiger partial charge < -0.3 is 5.11 Å². The Kier molecular flexibility index (Phi) is 4.45. The van der Waals surface area contributed by atoms with Gasteiger partial charge in [0.15, 0.2) is 0 Å². The SMILES string of the molecule is Cc1ccc2c(c1)[C@@H]([C@@H](C)CCCO)CC[C@@H]2C. The van der Waals surface area contributed by atoms with Crippen molar-refractivity contribution in [2.45, 2.75) is 58.3 Å². The minimum Gasteiger partial charge on any atom is -0.396 e. The molecule has 1 aliphatic carbocycles. The Labute approximate surface area is 111 Å². The predicted molar refractivity (Wildman–Crippen MR) is 77.1 cm³/mol. The van der Waals surface area contributed by atoms with Crippen molar-refractivity contribution in [1.82, 2.24) is 0 Å². The minimum absolute atomic E-state index is 0.328. The van der Waals surface area contributed by atoms with Gasteiger partial charge in [-0.2, -0.15) is 0 Å². The first-order valence-electron chi connectivity index (χ1n) is 7.34. The van der Waals surface area contributed by atoms with Crippen molar-refractivity contribution >= 4 is 0 Å². The van der Waals surface area contributed by atoms with Crippen LogP contribution in [0, 0.1) is 12.8 Å². The van der Waals surface area contributed by atoms with Crippen LogP contribution in [0.5, 0.6) is 0 Å². The third-order valence-corrected chi connectivity index (χ3v) is 4.59. The highest BCUT2D eigenvalue weighted by molar-refractivity contribution is 5.38. The molecule has 18 heavy (non-hydrogen) atoms. The molecule has 0 bridgehead atoms. The van der Waals surface area contributed by atoms with Crippen LogP contribution in [0.3, 0.4) is 0 Å². The summed E-state index contributed by atoms with van der Waals surface area (Å²) < 4.78 is 0. The Balaban J connectivity index is 2.24. The molecule has 1 aromatic rings. The number of aliphatic hydroxyl groups is 1. The lowest BCUT2D eigenvalue weighted by Gasteiger charge is -2.34. The van der Waals surface area contributed by atoms with Crippen LogP contribution in [-0.2, 0) is 0 Å². The molecule has 0 spiro atoms. The van der Waals surface area contributed by atoms with Gasteiger partial charge in [0.25, 0.3) is 0 Å². The normalized spacial score (nSPS) is 24.7. The standard InChI is InChI=1S/C17H26O/c1-12-6-8-15-14(3)7-9-16(17(15)11-12)13(2)5-4-10-18/h6,8,11,13-14,16,18H,4-5,7,9-10H2,1-3H3/t13-,14-,16+/m0/s1. The monoisotopic (exact) mass is 246 g/mol. The van der Waals surface area contributed by atoms with Crippen LogP contribution in [-0.4, -0.2) is 11.7 Å². The maximum absolute atomic E-state index is 8.99. The largest absolute Gasteiger partial charge is 0.396 e. The molecule has 0 radical (unpaired) electrons. The predicted octanol–water partition coefficient (Wildman–Crippen LogP) is 4.38. The fourth-order valence-corrected chi connectivity index (χ4v) is 3.41. The average molecular weight is 246 g/mol. The van der Waals surface area contributed by atoms with E-state index in [1.165, 1.54) is 18.4 Å². The first kappa shape index (κ1) is 13.6. The van der Waals surface area contributed by atoms with E-state index in [1.54, 1.807) is 11.1 Å². The molecule has 100 valence electrons. The highest BCUT2D eigenvalue weighted by Crippen LogP contribution is 2.43. The summed E-state index contributed by atoms with van der Waals surface area (Å²) in [4.78, 5) is 0. The van der Waals surface area contributed by atoms with Gasteiger partial charge in [0.2, 0.25) is 0 Å². The number of benzene rings is 1. The van der Waals surface area contributed by atoms with Crippen molar-refractivity contribution in [3.05, 3.63) is 34.9 Å². The second kappa shape index (κ2) is 5.88. The summed E-state index contributed by atoms with van der Waals surface area (Å²) in [5.74, 6) is 2.09. The Morgan fingerprint density at radius 2 is 2.06 bits per heavy atom. The van der Waals surface area contributed by atoms with E-state index >= 15 is 0 Å². The van der Waals surface area contributed by atoms with E-state index in [2.05, 4.69) is 39.0 Å². The second-order valence-electron chi connectivity index (χ2n) is 6.06. The summed E-state index contributed by atoms with van der Waals surface area (Å²) in [6, 6.07) is 6.97. The Bertz CT molecular complexity index is 397. The molecule has 0 aromatic heterocycles. The van der Waals surface area contributed by atoms with Gasteiger partial charge in [0.1, 0.15) is 0 Å². The third-order valence-electron chi connectivity index (χ3n) is 4.59. The zero-order valence-electron chi connectivity index (χ0n) is 11.9. The summed E-state index contributed by atoms with van der Waals surface area (Å²) in [6.45, 7) is 7.22. The number of aryl methyl sites for hydroxylation is 1. The fourth-order valence-electron chi connectivity index (χ4n) is 3.41. The van der Waals surface area contributed by atoms with Gasteiger partial charge in [0, 0.05) is 6.61 Å². The molecule has 0 amide bonds. The molecule has 0 unspecified atom stereocenters. The first-order chi connectivity index (χ1) is 8.63. The number of rotatable bonds is 4. The third kappa shape index (κ3) is 2.77. The summed E-state index contributed by atoms with van der Waals surface area (Å²) in [5.41, 5.74) is 4.52. The maximum Gasteiger partial charge on any atom is 0.0431 e. The van der Waals surface area contributed by atoms with Crippen molar-refractivity contribution in [2.75, 3.05) is 6.61 Å². The molecule has 1 nitrogen and oxygen atoms in total. The molecule has 1 heteroatoms. The van der Waals surface area contributed by atoms with E-state index in [-0.39, 0.29) is 0 Å². The number of hydrogen-bond acceptors (Lipinski definition) is 1. The van der Waals surface area contributed by atoms with Crippen LogP contribution in [0.1, 0.15) is 68.1 Å². The zero-order chi connectivity index (χ0) is 13.1. The molecule has 3 atom stereocenters. The summed E-state index contributed by atoms with van der Waals surface area (Å²) in [7, 11) is 0. The molecule has 0 heterocycles. The van der Waals surface area contributed by atoms with E-state index in [0.717, 1.165) is 12.8 Å². The maximum atomic E-state index is 8.99. The molecular formula is C17H26O. The second-order valence-corrected chi connectivity index (χ2v) is 6.06. The van der Waals surface area contributed by atoms with Crippen molar-refractivity contribution in [3.63, 3.8) is 0 Å². The summed E-state index contributed by atoms with van der Waals surface area (Å²) in [5, 5.41) is 8.99. The smallest absolute Gasteiger partial charge is 0.0431 e. The van der Waals surface area contributed by atoms with Crippen molar-refractivity contribution in [2.24, 2.45) is 5.92 Å². The van der Waals surface area contributed by atoms with E-state index in [4.69, 9.17) is 5.11 Å².